The molecular formula is C16H18F3N3O4. The van der Waals surface area contributed by atoms with E-state index >= 15 is 0 Å². The van der Waals surface area contributed by atoms with Gasteiger partial charge in [-0.3, -0.25) is 9.48 Å². The van der Waals surface area contributed by atoms with Crippen LogP contribution in [0.25, 0.3) is 0 Å². The van der Waals surface area contributed by atoms with Gasteiger partial charge in [-0.05, 0) is 18.2 Å². The Kier molecular flexibility index (Phi) is 6.45. The Morgan fingerprint density at radius 2 is 1.96 bits per heavy atom. The standard InChI is InChI=1S/C16H18F3N3O4/c1-24-7-8-26-13-9-11(3-4-12(13)25-2)20-15(23)10-22-6-5-14(21-22)16(17,18)19/h3-6,9H,7-8,10H2,1-2H3,(H,20,23). The highest BCUT2D eigenvalue weighted by atomic mass is 19.4. The van der Waals surface area contributed by atoms with Gasteiger partial charge < -0.3 is 19.5 Å². The van der Waals surface area contributed by atoms with Gasteiger partial charge in [0.1, 0.15) is 13.2 Å². The lowest BCUT2D eigenvalue weighted by molar-refractivity contribution is -0.141. The van der Waals surface area contributed by atoms with Crippen LogP contribution < -0.4 is 14.8 Å². The lowest BCUT2D eigenvalue weighted by Gasteiger charge is -2.13. The van der Waals surface area contributed by atoms with Gasteiger partial charge in [-0.15, -0.1) is 0 Å². The third-order valence-electron chi connectivity index (χ3n) is 3.23. The number of hydrogen-bond acceptors (Lipinski definition) is 5. The first-order chi connectivity index (χ1) is 12.3. The van der Waals surface area contributed by atoms with Crippen molar-refractivity contribution in [3.8, 4) is 11.5 Å². The molecule has 0 aliphatic rings. The molecule has 1 aromatic heterocycles. The number of methoxy groups -OCH3 is 2. The first-order valence-corrected chi connectivity index (χ1v) is 7.53. The number of anilines is 1. The maximum absolute atomic E-state index is 12.5. The highest BCUT2D eigenvalue weighted by Gasteiger charge is 2.33. The van der Waals surface area contributed by atoms with Gasteiger partial charge in [0.25, 0.3) is 0 Å². The van der Waals surface area contributed by atoms with Crippen LogP contribution in [-0.2, 0) is 22.3 Å². The number of carbonyl (C=O) groups excluding carboxylic acids is 1. The molecule has 2 aromatic rings. The lowest BCUT2D eigenvalue weighted by Crippen LogP contribution is -2.20. The Morgan fingerprint density at radius 1 is 1.19 bits per heavy atom. The van der Waals surface area contributed by atoms with Crippen molar-refractivity contribution in [1.82, 2.24) is 9.78 Å². The SMILES string of the molecule is COCCOc1cc(NC(=O)Cn2ccc(C(F)(F)F)n2)ccc1OC. The molecule has 0 spiro atoms. The van der Waals surface area contributed by atoms with Crippen molar-refractivity contribution in [2.45, 2.75) is 12.7 Å². The maximum atomic E-state index is 12.5. The molecule has 1 N–H and O–H groups in total. The van der Waals surface area contributed by atoms with Crippen LogP contribution in [0.3, 0.4) is 0 Å². The quantitative estimate of drug-likeness (QED) is 0.720. The average molecular weight is 373 g/mol. The number of carbonyl (C=O) groups is 1. The predicted octanol–water partition coefficient (Wildman–Crippen LogP) is 2.57. The van der Waals surface area contributed by atoms with Crippen molar-refractivity contribution in [3.63, 3.8) is 0 Å². The van der Waals surface area contributed by atoms with Gasteiger partial charge in [-0.1, -0.05) is 0 Å². The summed E-state index contributed by atoms with van der Waals surface area (Å²) in [7, 11) is 3.02. The zero-order valence-electron chi connectivity index (χ0n) is 14.2. The Morgan fingerprint density at radius 3 is 2.58 bits per heavy atom. The van der Waals surface area contributed by atoms with E-state index in [4.69, 9.17) is 14.2 Å². The van der Waals surface area contributed by atoms with Crippen LogP contribution in [0.4, 0.5) is 18.9 Å². The molecule has 0 unspecified atom stereocenters. The molecule has 0 aliphatic heterocycles. The summed E-state index contributed by atoms with van der Waals surface area (Å²) in [6, 6.07) is 5.55. The second-order valence-corrected chi connectivity index (χ2v) is 5.15. The van der Waals surface area contributed by atoms with Crippen molar-refractivity contribution in [1.29, 1.82) is 0 Å². The maximum Gasteiger partial charge on any atom is 0.435 e. The third kappa shape index (κ3) is 5.38. The number of rotatable bonds is 8. The summed E-state index contributed by atoms with van der Waals surface area (Å²) < 4.78 is 54.0. The summed E-state index contributed by atoms with van der Waals surface area (Å²) in [5.41, 5.74) is -0.644. The molecule has 1 amide bonds. The molecule has 0 atom stereocenters. The molecule has 0 saturated heterocycles. The molecule has 0 fully saturated rings. The van der Waals surface area contributed by atoms with Gasteiger partial charge in [0.2, 0.25) is 5.91 Å². The van der Waals surface area contributed by atoms with E-state index in [1.807, 2.05) is 0 Å². The zero-order chi connectivity index (χ0) is 19.2. The summed E-state index contributed by atoms with van der Waals surface area (Å²) in [6.45, 7) is 0.306. The lowest BCUT2D eigenvalue weighted by atomic mass is 10.2. The van der Waals surface area contributed by atoms with Crippen molar-refractivity contribution in [2.24, 2.45) is 0 Å². The number of nitrogens with one attached hydrogen (secondary N) is 1. The minimum absolute atomic E-state index is 0.289. The van der Waals surface area contributed by atoms with Crippen molar-refractivity contribution >= 4 is 11.6 Å². The summed E-state index contributed by atoms with van der Waals surface area (Å²) in [6.07, 6.45) is -3.46. The largest absolute Gasteiger partial charge is 0.493 e. The van der Waals surface area contributed by atoms with Crippen molar-refractivity contribution < 1.29 is 32.2 Å². The van der Waals surface area contributed by atoms with E-state index in [-0.39, 0.29) is 13.2 Å². The average Bonchev–Trinajstić information content (AvgIpc) is 3.04. The van der Waals surface area contributed by atoms with Crippen LogP contribution >= 0.6 is 0 Å². The first-order valence-electron chi connectivity index (χ1n) is 7.53. The van der Waals surface area contributed by atoms with Gasteiger partial charge in [0.15, 0.2) is 17.2 Å². The molecule has 7 nitrogen and oxygen atoms in total. The Hall–Kier alpha value is -2.75. The van der Waals surface area contributed by atoms with Crippen molar-refractivity contribution in [2.75, 3.05) is 32.8 Å². The molecule has 26 heavy (non-hydrogen) atoms. The summed E-state index contributed by atoms with van der Waals surface area (Å²) in [5, 5.41) is 5.90. The van der Waals surface area contributed by atoms with Crippen molar-refractivity contribution in [3.05, 3.63) is 36.2 Å². The molecule has 0 aliphatic carbocycles. The number of halogens is 3. The molecule has 1 aromatic carbocycles. The number of amides is 1. The van der Waals surface area contributed by atoms with E-state index in [2.05, 4.69) is 10.4 Å². The fourth-order valence-corrected chi connectivity index (χ4v) is 2.05. The zero-order valence-corrected chi connectivity index (χ0v) is 14.2. The van der Waals surface area contributed by atoms with Crippen LogP contribution in [0.5, 0.6) is 11.5 Å². The second-order valence-electron chi connectivity index (χ2n) is 5.15. The number of aromatic nitrogens is 2. The van der Waals surface area contributed by atoms with Crippen LogP contribution in [0.2, 0.25) is 0 Å². The van der Waals surface area contributed by atoms with Crippen LogP contribution in [-0.4, -0.2) is 43.1 Å². The Labute approximate surface area is 147 Å². The molecule has 0 saturated carbocycles. The molecule has 1 heterocycles. The second kappa shape index (κ2) is 8.56. The van der Waals surface area contributed by atoms with E-state index in [1.54, 1.807) is 18.2 Å². The number of nitrogens with zero attached hydrogens (tertiary/aromatic N) is 2. The van der Waals surface area contributed by atoms with Gasteiger partial charge >= 0.3 is 6.18 Å². The fraction of sp³-hybridized carbons (Fsp3) is 0.375. The van der Waals surface area contributed by atoms with Gasteiger partial charge in [-0.2, -0.15) is 18.3 Å². The third-order valence-corrected chi connectivity index (χ3v) is 3.23. The molecule has 0 bridgehead atoms. The predicted molar refractivity (Wildman–Crippen MR) is 86.2 cm³/mol. The minimum Gasteiger partial charge on any atom is -0.493 e. The van der Waals surface area contributed by atoms with E-state index in [0.29, 0.717) is 23.8 Å². The van der Waals surface area contributed by atoms with Gasteiger partial charge in [-0.25, -0.2) is 0 Å². The molecule has 2 rings (SSSR count). The summed E-state index contributed by atoms with van der Waals surface area (Å²) in [4.78, 5) is 12.0. The van der Waals surface area contributed by atoms with Gasteiger partial charge in [0.05, 0.1) is 13.7 Å². The minimum atomic E-state index is -4.55. The molecule has 0 radical (unpaired) electrons. The number of benzene rings is 1. The monoisotopic (exact) mass is 373 g/mol. The van der Waals surface area contributed by atoms with Gasteiger partial charge in [0, 0.05) is 25.1 Å². The van der Waals surface area contributed by atoms with E-state index in [9.17, 15) is 18.0 Å². The highest BCUT2D eigenvalue weighted by Crippen LogP contribution is 2.30. The van der Waals surface area contributed by atoms with Crippen LogP contribution in [0.1, 0.15) is 5.69 Å². The number of alkyl halides is 3. The molecular weight excluding hydrogens is 355 g/mol. The van der Waals surface area contributed by atoms with Crippen LogP contribution in [0.15, 0.2) is 30.5 Å². The highest BCUT2D eigenvalue weighted by molar-refractivity contribution is 5.90. The Bertz CT molecular complexity index is 747. The van der Waals surface area contributed by atoms with Crippen LogP contribution in [0, 0.1) is 0 Å². The fourth-order valence-electron chi connectivity index (χ4n) is 2.05. The van der Waals surface area contributed by atoms with E-state index in [1.165, 1.54) is 14.2 Å². The Balaban J connectivity index is 2.01. The molecule has 142 valence electrons. The summed E-state index contributed by atoms with van der Waals surface area (Å²) >= 11 is 0. The normalized spacial score (nSPS) is 11.3. The molecule has 10 heteroatoms. The number of ether oxygens (including phenoxy) is 3. The van der Waals surface area contributed by atoms with E-state index in [0.717, 1.165) is 16.9 Å². The topological polar surface area (TPSA) is 74.6 Å². The smallest absolute Gasteiger partial charge is 0.435 e. The first kappa shape index (κ1) is 19.6. The summed E-state index contributed by atoms with van der Waals surface area (Å²) in [5.74, 6) is 0.344. The van der Waals surface area contributed by atoms with E-state index < -0.39 is 17.8 Å². The number of hydrogen-bond donors (Lipinski definition) is 1.